The van der Waals surface area contributed by atoms with Gasteiger partial charge in [-0.1, -0.05) is 6.07 Å². The van der Waals surface area contributed by atoms with Crippen LogP contribution in [0.4, 0.5) is 10.8 Å². The number of thiazole rings is 1. The van der Waals surface area contributed by atoms with Crippen molar-refractivity contribution in [2.75, 3.05) is 11.9 Å². The molecule has 0 bridgehead atoms. The number of benzene rings is 1. The van der Waals surface area contributed by atoms with Crippen LogP contribution in [-0.2, 0) is 11.2 Å². The molecule has 96 valence electrons. The zero-order valence-corrected chi connectivity index (χ0v) is 11.0. The number of hydrogen-bond donors (Lipinski definition) is 1. The minimum Gasteiger partial charge on any atom is -0.481 e. The van der Waals surface area contributed by atoms with E-state index < -0.39 is 5.97 Å². The lowest BCUT2D eigenvalue weighted by Crippen LogP contribution is -2.09. The van der Waals surface area contributed by atoms with Crippen molar-refractivity contribution >= 4 is 28.1 Å². The molecule has 0 aliphatic carbocycles. The molecule has 0 radical (unpaired) electrons. The summed E-state index contributed by atoms with van der Waals surface area (Å²) < 4.78 is 0. The molecular weight excluding hydrogens is 262 g/mol. The Labute approximate surface area is 114 Å². The normalized spacial score (nSPS) is 9.89. The van der Waals surface area contributed by atoms with Gasteiger partial charge >= 0.3 is 5.97 Å². The summed E-state index contributed by atoms with van der Waals surface area (Å²) in [6.45, 7) is 0. The molecule has 0 saturated heterocycles. The maximum atomic E-state index is 10.6. The molecule has 5 nitrogen and oxygen atoms in total. The van der Waals surface area contributed by atoms with Gasteiger partial charge in [0.15, 0.2) is 5.13 Å². The van der Waals surface area contributed by atoms with E-state index in [9.17, 15) is 4.79 Å². The molecule has 1 heterocycles. The minimum atomic E-state index is -0.897. The van der Waals surface area contributed by atoms with E-state index in [1.54, 1.807) is 23.6 Å². The van der Waals surface area contributed by atoms with Crippen LogP contribution in [0.2, 0.25) is 0 Å². The van der Waals surface area contributed by atoms with Crippen molar-refractivity contribution in [3.63, 3.8) is 0 Å². The standard InChI is InChI=1S/C13H11N3O2S/c1-16(11-4-2-3-9(5-11)7-14)13-15-10(8-19-13)6-12(17)18/h2-5,8H,6H2,1H3,(H,17,18). The summed E-state index contributed by atoms with van der Waals surface area (Å²) in [4.78, 5) is 16.7. The third kappa shape index (κ3) is 3.09. The summed E-state index contributed by atoms with van der Waals surface area (Å²) in [7, 11) is 1.83. The zero-order chi connectivity index (χ0) is 13.8. The van der Waals surface area contributed by atoms with Crippen molar-refractivity contribution < 1.29 is 9.90 Å². The van der Waals surface area contributed by atoms with Crippen LogP contribution in [0.5, 0.6) is 0 Å². The van der Waals surface area contributed by atoms with Gasteiger partial charge in [0.05, 0.1) is 23.7 Å². The van der Waals surface area contributed by atoms with E-state index in [2.05, 4.69) is 11.1 Å². The van der Waals surface area contributed by atoms with Crippen LogP contribution in [0.15, 0.2) is 29.6 Å². The van der Waals surface area contributed by atoms with E-state index in [0.29, 0.717) is 16.4 Å². The first kappa shape index (κ1) is 13.1. The number of anilines is 2. The number of hydrogen-bond acceptors (Lipinski definition) is 5. The van der Waals surface area contributed by atoms with E-state index >= 15 is 0 Å². The first-order valence-electron chi connectivity index (χ1n) is 5.50. The molecule has 0 atom stereocenters. The number of aliphatic carboxylic acids is 1. The molecule has 0 aliphatic rings. The third-order valence-electron chi connectivity index (χ3n) is 2.52. The quantitative estimate of drug-likeness (QED) is 0.925. The second-order valence-corrected chi connectivity index (χ2v) is 4.75. The average molecular weight is 273 g/mol. The minimum absolute atomic E-state index is 0.0808. The second-order valence-electron chi connectivity index (χ2n) is 3.91. The molecule has 0 saturated carbocycles. The first-order valence-corrected chi connectivity index (χ1v) is 6.38. The Balaban J connectivity index is 2.23. The molecule has 1 N–H and O–H groups in total. The van der Waals surface area contributed by atoms with Gasteiger partial charge in [-0.3, -0.25) is 4.79 Å². The van der Waals surface area contributed by atoms with E-state index in [-0.39, 0.29) is 6.42 Å². The Hall–Kier alpha value is -2.39. The van der Waals surface area contributed by atoms with Gasteiger partial charge in [0, 0.05) is 18.1 Å². The van der Waals surface area contributed by atoms with Crippen LogP contribution in [0, 0.1) is 11.3 Å². The Morgan fingerprint density at radius 3 is 3.05 bits per heavy atom. The van der Waals surface area contributed by atoms with Gasteiger partial charge in [-0.2, -0.15) is 5.26 Å². The summed E-state index contributed by atoms with van der Waals surface area (Å²) in [6.07, 6.45) is -0.0808. The van der Waals surface area contributed by atoms with E-state index in [1.807, 2.05) is 18.0 Å². The Kier molecular flexibility index (Phi) is 3.78. The summed E-state index contributed by atoms with van der Waals surface area (Å²) in [5.41, 5.74) is 1.96. The molecule has 6 heteroatoms. The topological polar surface area (TPSA) is 77.2 Å². The summed E-state index contributed by atoms with van der Waals surface area (Å²) in [5.74, 6) is -0.897. The summed E-state index contributed by atoms with van der Waals surface area (Å²) in [6, 6.07) is 9.25. The molecule has 1 aromatic carbocycles. The molecular formula is C13H11N3O2S. The molecule has 0 unspecified atom stereocenters. The highest BCUT2D eigenvalue weighted by Gasteiger charge is 2.11. The van der Waals surface area contributed by atoms with Crippen molar-refractivity contribution in [2.24, 2.45) is 0 Å². The first-order chi connectivity index (χ1) is 9.10. The van der Waals surface area contributed by atoms with Gasteiger partial charge in [0.25, 0.3) is 0 Å². The van der Waals surface area contributed by atoms with Crippen LogP contribution in [-0.4, -0.2) is 23.1 Å². The fourth-order valence-electron chi connectivity index (χ4n) is 1.58. The van der Waals surface area contributed by atoms with Gasteiger partial charge < -0.3 is 10.0 Å². The smallest absolute Gasteiger partial charge is 0.309 e. The van der Waals surface area contributed by atoms with E-state index in [4.69, 9.17) is 10.4 Å². The lowest BCUT2D eigenvalue weighted by molar-refractivity contribution is -0.136. The molecule has 1 aromatic heterocycles. The predicted molar refractivity (Wildman–Crippen MR) is 72.7 cm³/mol. The number of nitrogens with zero attached hydrogens (tertiary/aromatic N) is 3. The molecule has 2 aromatic rings. The maximum Gasteiger partial charge on any atom is 0.309 e. The number of carboxylic acids is 1. The highest BCUT2D eigenvalue weighted by molar-refractivity contribution is 7.13. The van der Waals surface area contributed by atoms with Gasteiger partial charge in [-0.05, 0) is 18.2 Å². The molecule has 19 heavy (non-hydrogen) atoms. The predicted octanol–water partition coefficient (Wildman–Crippen LogP) is 2.41. The SMILES string of the molecule is CN(c1cccc(C#N)c1)c1nc(CC(=O)O)cs1. The zero-order valence-electron chi connectivity index (χ0n) is 10.2. The summed E-state index contributed by atoms with van der Waals surface area (Å²) in [5, 5.41) is 20.0. The van der Waals surface area contributed by atoms with Crippen LogP contribution in [0.3, 0.4) is 0 Å². The molecule has 0 spiro atoms. The summed E-state index contributed by atoms with van der Waals surface area (Å²) >= 11 is 1.38. The monoisotopic (exact) mass is 273 g/mol. The molecule has 0 aliphatic heterocycles. The number of rotatable bonds is 4. The van der Waals surface area contributed by atoms with Gasteiger partial charge in [0.2, 0.25) is 0 Å². The third-order valence-corrected chi connectivity index (χ3v) is 3.49. The Bertz CT molecular complexity index is 645. The Morgan fingerprint density at radius 1 is 1.58 bits per heavy atom. The van der Waals surface area contributed by atoms with Gasteiger partial charge in [0.1, 0.15) is 0 Å². The lowest BCUT2D eigenvalue weighted by atomic mass is 10.2. The lowest BCUT2D eigenvalue weighted by Gasteiger charge is -2.15. The number of nitriles is 1. The number of carbonyl (C=O) groups is 1. The fourth-order valence-corrected chi connectivity index (χ4v) is 2.39. The highest BCUT2D eigenvalue weighted by Crippen LogP contribution is 2.27. The van der Waals surface area contributed by atoms with Crippen LogP contribution in [0.25, 0.3) is 0 Å². The average Bonchev–Trinajstić information content (AvgIpc) is 2.85. The Morgan fingerprint density at radius 2 is 2.37 bits per heavy atom. The maximum absolute atomic E-state index is 10.6. The molecule has 0 fully saturated rings. The molecule has 2 rings (SSSR count). The van der Waals surface area contributed by atoms with E-state index in [0.717, 1.165) is 5.69 Å². The van der Waals surface area contributed by atoms with Crippen LogP contribution in [0.1, 0.15) is 11.3 Å². The van der Waals surface area contributed by atoms with Crippen molar-refractivity contribution in [1.29, 1.82) is 5.26 Å². The largest absolute Gasteiger partial charge is 0.481 e. The van der Waals surface area contributed by atoms with Crippen LogP contribution >= 0.6 is 11.3 Å². The van der Waals surface area contributed by atoms with Crippen molar-refractivity contribution in [3.8, 4) is 6.07 Å². The number of aromatic nitrogens is 1. The second kappa shape index (κ2) is 5.50. The van der Waals surface area contributed by atoms with Gasteiger partial charge in [-0.15, -0.1) is 11.3 Å². The van der Waals surface area contributed by atoms with Crippen molar-refractivity contribution in [2.45, 2.75) is 6.42 Å². The van der Waals surface area contributed by atoms with Gasteiger partial charge in [-0.25, -0.2) is 4.98 Å². The molecule has 0 amide bonds. The number of carboxylic acid groups (broad SMARTS) is 1. The van der Waals surface area contributed by atoms with Crippen molar-refractivity contribution in [3.05, 3.63) is 40.9 Å². The van der Waals surface area contributed by atoms with E-state index in [1.165, 1.54) is 11.3 Å². The highest BCUT2D eigenvalue weighted by atomic mass is 32.1. The van der Waals surface area contributed by atoms with Crippen molar-refractivity contribution in [1.82, 2.24) is 4.98 Å². The fraction of sp³-hybridized carbons (Fsp3) is 0.154. The van der Waals surface area contributed by atoms with Crippen LogP contribution < -0.4 is 4.90 Å².